The molecule has 0 aromatic heterocycles. The highest BCUT2D eigenvalue weighted by Gasteiger charge is 2.52. The number of rotatable bonds is 3. The van der Waals surface area contributed by atoms with Gasteiger partial charge in [-0.3, -0.25) is 0 Å². The molecule has 1 rings (SSSR count). The van der Waals surface area contributed by atoms with Crippen LogP contribution in [0.15, 0.2) is 0 Å². The van der Waals surface area contributed by atoms with Crippen LogP contribution < -0.4 is 5.73 Å². The molecular formula is C11H24BNO2. The van der Waals surface area contributed by atoms with Gasteiger partial charge in [-0.05, 0) is 40.0 Å². The molecule has 1 aliphatic heterocycles. The van der Waals surface area contributed by atoms with Crippen LogP contribution in [-0.4, -0.2) is 24.3 Å². The maximum atomic E-state index is 6.07. The monoisotopic (exact) mass is 213 g/mol. The van der Waals surface area contributed by atoms with Gasteiger partial charge in [-0.2, -0.15) is 0 Å². The molecule has 0 spiro atoms. The van der Waals surface area contributed by atoms with Gasteiger partial charge < -0.3 is 15.0 Å². The molecule has 0 bridgehead atoms. The largest absolute Gasteiger partial charge is 0.475 e. The topological polar surface area (TPSA) is 44.5 Å². The Hall–Kier alpha value is -0.0551. The predicted octanol–water partition coefficient (Wildman–Crippen LogP) is 1.99. The number of hydrogen-bond acceptors (Lipinski definition) is 3. The minimum Gasteiger partial charge on any atom is -0.402 e. The Morgan fingerprint density at radius 3 is 1.80 bits per heavy atom. The van der Waals surface area contributed by atoms with Gasteiger partial charge in [-0.1, -0.05) is 13.8 Å². The lowest BCUT2D eigenvalue weighted by atomic mass is 9.75. The van der Waals surface area contributed by atoms with Crippen LogP contribution >= 0.6 is 0 Å². The van der Waals surface area contributed by atoms with Crippen molar-refractivity contribution in [3.05, 3.63) is 0 Å². The van der Waals surface area contributed by atoms with Gasteiger partial charge in [-0.25, -0.2) is 0 Å². The van der Waals surface area contributed by atoms with E-state index >= 15 is 0 Å². The van der Waals surface area contributed by atoms with E-state index in [9.17, 15) is 0 Å². The summed E-state index contributed by atoms with van der Waals surface area (Å²) in [6, 6.07) is 0. The summed E-state index contributed by atoms with van der Waals surface area (Å²) in [5.74, 6) is 0.532. The van der Waals surface area contributed by atoms with Gasteiger partial charge in [0.05, 0.1) is 11.2 Å². The summed E-state index contributed by atoms with van der Waals surface area (Å²) in [5.41, 5.74) is 5.53. The van der Waals surface area contributed by atoms with Crippen molar-refractivity contribution in [1.29, 1.82) is 0 Å². The summed E-state index contributed by atoms with van der Waals surface area (Å²) in [6.45, 7) is 12.5. The molecule has 1 aliphatic rings. The van der Waals surface area contributed by atoms with E-state index in [2.05, 4.69) is 41.5 Å². The van der Waals surface area contributed by atoms with Crippen molar-refractivity contribution in [2.45, 2.75) is 65.1 Å². The molecule has 3 nitrogen and oxygen atoms in total. The van der Waals surface area contributed by atoms with Gasteiger partial charge in [-0.15, -0.1) is 0 Å². The third kappa shape index (κ3) is 2.74. The standard InChI is InChI=1S/C11H24BNO2/c1-8(2)7-9(13)12-14-10(3,4)11(5,6)15-12/h8-9H,7,13H2,1-6H3/t9-/m0/s1. The molecule has 1 heterocycles. The molecule has 88 valence electrons. The fraction of sp³-hybridized carbons (Fsp3) is 1.00. The van der Waals surface area contributed by atoms with Crippen LogP contribution in [0.25, 0.3) is 0 Å². The zero-order valence-electron chi connectivity index (χ0n) is 10.8. The van der Waals surface area contributed by atoms with Crippen molar-refractivity contribution < 1.29 is 9.31 Å². The third-order valence-corrected chi connectivity index (χ3v) is 3.36. The molecule has 1 fully saturated rings. The average Bonchev–Trinajstić information content (AvgIpc) is 2.20. The van der Waals surface area contributed by atoms with Gasteiger partial charge in [0.2, 0.25) is 0 Å². The Bertz CT molecular complexity index is 213. The lowest BCUT2D eigenvalue weighted by Crippen LogP contribution is -2.42. The van der Waals surface area contributed by atoms with Gasteiger partial charge >= 0.3 is 7.12 Å². The second-order valence-corrected chi connectivity index (χ2v) is 5.92. The van der Waals surface area contributed by atoms with Gasteiger partial charge in [0.25, 0.3) is 0 Å². The van der Waals surface area contributed by atoms with Crippen LogP contribution in [0.3, 0.4) is 0 Å². The molecular weight excluding hydrogens is 189 g/mol. The van der Waals surface area contributed by atoms with Crippen molar-refractivity contribution in [1.82, 2.24) is 0 Å². The fourth-order valence-electron chi connectivity index (χ4n) is 1.72. The lowest BCUT2D eigenvalue weighted by molar-refractivity contribution is 0.00578. The second-order valence-electron chi connectivity index (χ2n) is 5.92. The summed E-state index contributed by atoms with van der Waals surface area (Å²) < 4.78 is 11.8. The second kappa shape index (κ2) is 4.08. The summed E-state index contributed by atoms with van der Waals surface area (Å²) in [5, 5.41) is 0. The molecule has 0 amide bonds. The predicted molar refractivity (Wildman–Crippen MR) is 63.5 cm³/mol. The van der Waals surface area contributed by atoms with Crippen LogP contribution in [0.1, 0.15) is 48.0 Å². The van der Waals surface area contributed by atoms with Crippen LogP contribution in [0, 0.1) is 5.92 Å². The summed E-state index contributed by atoms with van der Waals surface area (Å²) >= 11 is 0. The van der Waals surface area contributed by atoms with Crippen molar-refractivity contribution in [3.8, 4) is 0 Å². The minimum atomic E-state index is -0.272. The van der Waals surface area contributed by atoms with Crippen molar-refractivity contribution in [3.63, 3.8) is 0 Å². The van der Waals surface area contributed by atoms with Crippen LogP contribution in [-0.2, 0) is 9.31 Å². The number of hydrogen-bond donors (Lipinski definition) is 1. The van der Waals surface area contributed by atoms with E-state index in [1.54, 1.807) is 0 Å². The first-order valence-corrected chi connectivity index (χ1v) is 5.77. The smallest absolute Gasteiger partial charge is 0.402 e. The summed E-state index contributed by atoms with van der Waals surface area (Å²) in [4.78, 5) is 0. The van der Waals surface area contributed by atoms with Crippen LogP contribution in [0.5, 0.6) is 0 Å². The molecule has 0 aromatic carbocycles. The molecule has 4 heteroatoms. The molecule has 1 atom stereocenters. The Kier molecular flexibility index (Phi) is 3.54. The zero-order valence-corrected chi connectivity index (χ0v) is 10.8. The zero-order chi connectivity index (χ0) is 11.9. The van der Waals surface area contributed by atoms with Crippen LogP contribution in [0.4, 0.5) is 0 Å². The van der Waals surface area contributed by atoms with E-state index in [-0.39, 0.29) is 24.3 Å². The minimum absolute atomic E-state index is 0.0361. The first kappa shape index (κ1) is 13.0. The lowest BCUT2D eigenvalue weighted by Gasteiger charge is -2.32. The highest BCUT2D eigenvalue weighted by Crippen LogP contribution is 2.37. The van der Waals surface area contributed by atoms with E-state index in [1.165, 1.54) is 0 Å². The highest BCUT2D eigenvalue weighted by molar-refractivity contribution is 6.47. The third-order valence-electron chi connectivity index (χ3n) is 3.36. The Labute approximate surface area is 93.8 Å². The van der Waals surface area contributed by atoms with Crippen molar-refractivity contribution in [2.24, 2.45) is 11.7 Å². The van der Waals surface area contributed by atoms with E-state index in [4.69, 9.17) is 15.0 Å². The Balaban J connectivity index is 2.62. The SMILES string of the molecule is CC(C)C[C@H](N)B1OC(C)(C)C(C)(C)O1. The van der Waals surface area contributed by atoms with Crippen LogP contribution in [0.2, 0.25) is 0 Å². The maximum Gasteiger partial charge on any atom is 0.475 e. The molecule has 1 saturated heterocycles. The Morgan fingerprint density at radius 1 is 1.07 bits per heavy atom. The Morgan fingerprint density at radius 2 is 1.47 bits per heavy atom. The molecule has 0 saturated carbocycles. The van der Waals surface area contributed by atoms with Crippen molar-refractivity contribution >= 4 is 7.12 Å². The molecule has 0 radical (unpaired) electrons. The molecule has 0 unspecified atom stereocenters. The fourth-order valence-corrected chi connectivity index (χ4v) is 1.72. The first-order chi connectivity index (χ1) is 6.66. The van der Waals surface area contributed by atoms with Gasteiger partial charge in [0.15, 0.2) is 0 Å². The van der Waals surface area contributed by atoms with Gasteiger partial charge in [0, 0.05) is 5.94 Å². The maximum absolute atomic E-state index is 6.07. The van der Waals surface area contributed by atoms with E-state index in [0.717, 1.165) is 6.42 Å². The molecule has 0 aromatic rings. The molecule has 2 N–H and O–H groups in total. The highest BCUT2D eigenvalue weighted by atomic mass is 16.7. The van der Waals surface area contributed by atoms with E-state index in [1.807, 2.05) is 0 Å². The number of nitrogens with two attached hydrogens (primary N) is 1. The summed E-state index contributed by atoms with van der Waals surface area (Å²) in [7, 11) is -0.266. The van der Waals surface area contributed by atoms with E-state index in [0.29, 0.717) is 5.92 Å². The van der Waals surface area contributed by atoms with Crippen molar-refractivity contribution in [2.75, 3.05) is 0 Å². The first-order valence-electron chi connectivity index (χ1n) is 5.77. The van der Waals surface area contributed by atoms with E-state index < -0.39 is 0 Å². The molecule has 0 aliphatic carbocycles. The van der Waals surface area contributed by atoms with Gasteiger partial charge in [0.1, 0.15) is 0 Å². The quantitative estimate of drug-likeness (QED) is 0.729. The normalized spacial score (nSPS) is 26.0. The summed E-state index contributed by atoms with van der Waals surface area (Å²) in [6.07, 6.45) is 0.927. The molecule has 15 heavy (non-hydrogen) atoms. The average molecular weight is 213 g/mol.